The minimum absolute atomic E-state index is 0.164. The number of nitrogens with zero attached hydrogens (tertiary/aromatic N) is 1. The number of hydrogen-bond donors (Lipinski definition) is 0. The Morgan fingerprint density at radius 1 is 1.50 bits per heavy atom. The minimum atomic E-state index is -1.31. The average molecular weight is 168 g/mol. The van der Waals surface area contributed by atoms with E-state index < -0.39 is 12.6 Å². The van der Waals surface area contributed by atoms with E-state index in [4.69, 9.17) is 0 Å². The molecule has 5 heteroatoms. The first-order valence-corrected chi connectivity index (χ1v) is 3.20. The number of rotatable bonds is 3. The number of carbonyl (C=O) groups excluding carboxylic acids is 1. The summed E-state index contributed by atoms with van der Waals surface area (Å²) in [7, 11) is 0. The van der Waals surface area contributed by atoms with Crippen molar-refractivity contribution in [3.63, 3.8) is 0 Å². The topological polar surface area (TPSA) is 71.4 Å². The van der Waals surface area contributed by atoms with Crippen molar-refractivity contribution in [2.24, 2.45) is 0 Å². The SMILES string of the molecule is O=C([O-])COn1ccc(=O)cc1. The Morgan fingerprint density at radius 3 is 2.58 bits per heavy atom. The minimum Gasteiger partial charge on any atom is -0.546 e. The predicted molar refractivity (Wildman–Crippen MR) is 37.2 cm³/mol. The molecule has 1 heterocycles. The van der Waals surface area contributed by atoms with Crippen LogP contribution in [0.15, 0.2) is 29.3 Å². The van der Waals surface area contributed by atoms with E-state index in [0.717, 1.165) is 4.73 Å². The second kappa shape index (κ2) is 3.56. The van der Waals surface area contributed by atoms with Gasteiger partial charge in [-0.15, -0.1) is 0 Å². The number of hydrogen-bond acceptors (Lipinski definition) is 4. The van der Waals surface area contributed by atoms with Crippen molar-refractivity contribution in [2.75, 3.05) is 6.61 Å². The highest BCUT2D eigenvalue weighted by atomic mass is 16.7. The van der Waals surface area contributed by atoms with Gasteiger partial charge in [0.05, 0.1) is 5.97 Å². The van der Waals surface area contributed by atoms with Gasteiger partial charge in [-0.25, -0.2) is 0 Å². The van der Waals surface area contributed by atoms with Gasteiger partial charge in [0.1, 0.15) is 0 Å². The Labute approximate surface area is 67.8 Å². The van der Waals surface area contributed by atoms with E-state index >= 15 is 0 Å². The van der Waals surface area contributed by atoms with Crippen LogP contribution in [0.2, 0.25) is 0 Å². The van der Waals surface area contributed by atoms with E-state index in [0.29, 0.717) is 0 Å². The zero-order valence-corrected chi connectivity index (χ0v) is 6.10. The molecule has 64 valence electrons. The maximum absolute atomic E-state index is 10.6. The quantitative estimate of drug-likeness (QED) is 0.524. The fraction of sp³-hybridized carbons (Fsp3) is 0.143. The van der Waals surface area contributed by atoms with E-state index in [1.807, 2.05) is 0 Å². The van der Waals surface area contributed by atoms with Gasteiger partial charge in [0.15, 0.2) is 12.0 Å². The summed E-state index contributed by atoms with van der Waals surface area (Å²) in [5, 5.41) is 9.93. The van der Waals surface area contributed by atoms with Crippen molar-refractivity contribution in [1.29, 1.82) is 0 Å². The summed E-state index contributed by atoms with van der Waals surface area (Å²) in [5.74, 6) is -1.31. The smallest absolute Gasteiger partial charge is 0.181 e. The third-order valence-corrected chi connectivity index (χ3v) is 1.10. The standard InChI is InChI=1S/C7H7NO4/c9-6-1-3-8(4-2-6)12-5-7(10)11/h1-4H,5H2,(H,10,11)/p-1. The summed E-state index contributed by atoms with van der Waals surface area (Å²) in [6, 6.07) is 2.52. The van der Waals surface area contributed by atoms with Crippen molar-refractivity contribution in [3.8, 4) is 0 Å². The Hall–Kier alpha value is -1.78. The van der Waals surface area contributed by atoms with E-state index in [9.17, 15) is 14.7 Å². The fourth-order valence-corrected chi connectivity index (χ4v) is 0.612. The van der Waals surface area contributed by atoms with Crippen molar-refractivity contribution in [3.05, 3.63) is 34.7 Å². The maximum Gasteiger partial charge on any atom is 0.181 e. The molecule has 0 bridgehead atoms. The molecule has 5 nitrogen and oxygen atoms in total. The van der Waals surface area contributed by atoms with Crippen LogP contribution in [0.1, 0.15) is 0 Å². The van der Waals surface area contributed by atoms with Crippen molar-refractivity contribution < 1.29 is 14.7 Å². The molecular formula is C7H6NO4-. The lowest BCUT2D eigenvalue weighted by Gasteiger charge is -2.07. The Kier molecular flexibility index (Phi) is 2.47. The number of carboxylic acids is 1. The van der Waals surface area contributed by atoms with E-state index in [2.05, 4.69) is 4.84 Å². The van der Waals surface area contributed by atoms with Crippen LogP contribution >= 0.6 is 0 Å². The van der Waals surface area contributed by atoms with Crippen LogP contribution in [-0.4, -0.2) is 17.3 Å². The molecule has 0 aliphatic rings. The molecule has 0 radical (unpaired) electrons. The van der Waals surface area contributed by atoms with Gasteiger partial charge in [-0.2, -0.15) is 4.73 Å². The summed E-state index contributed by atoms with van der Waals surface area (Å²) in [6.45, 7) is -0.539. The molecule has 0 atom stereocenters. The zero-order chi connectivity index (χ0) is 8.97. The molecule has 0 spiro atoms. The molecule has 0 aliphatic carbocycles. The number of aromatic nitrogens is 1. The molecular weight excluding hydrogens is 162 g/mol. The maximum atomic E-state index is 10.6. The lowest BCUT2D eigenvalue weighted by molar-refractivity contribution is -0.309. The molecule has 0 N–H and O–H groups in total. The van der Waals surface area contributed by atoms with Gasteiger partial charge in [0.25, 0.3) is 0 Å². The monoisotopic (exact) mass is 168 g/mol. The second-order valence-electron chi connectivity index (χ2n) is 2.04. The summed E-state index contributed by atoms with van der Waals surface area (Å²) >= 11 is 0. The predicted octanol–water partition coefficient (Wildman–Crippen LogP) is -1.97. The molecule has 1 aromatic rings. The van der Waals surface area contributed by atoms with Crippen LogP contribution in [0, 0.1) is 0 Å². The summed E-state index contributed by atoms with van der Waals surface area (Å²) in [5.41, 5.74) is -0.164. The van der Waals surface area contributed by atoms with Gasteiger partial charge in [0, 0.05) is 24.5 Å². The zero-order valence-electron chi connectivity index (χ0n) is 6.10. The van der Waals surface area contributed by atoms with Gasteiger partial charge >= 0.3 is 0 Å². The summed E-state index contributed by atoms with van der Waals surface area (Å²) in [6.07, 6.45) is 2.65. The summed E-state index contributed by atoms with van der Waals surface area (Å²) < 4.78 is 1.12. The van der Waals surface area contributed by atoms with Gasteiger partial charge in [0.2, 0.25) is 0 Å². The third-order valence-electron chi connectivity index (χ3n) is 1.10. The van der Waals surface area contributed by atoms with Crippen LogP contribution in [0.4, 0.5) is 0 Å². The average Bonchev–Trinajstić information content (AvgIpc) is 2.03. The molecule has 0 amide bonds. The molecule has 0 aromatic carbocycles. The Balaban J connectivity index is 2.59. The molecule has 0 unspecified atom stereocenters. The van der Waals surface area contributed by atoms with E-state index in [1.165, 1.54) is 24.5 Å². The highest BCUT2D eigenvalue weighted by Gasteiger charge is 1.88. The van der Waals surface area contributed by atoms with Crippen LogP contribution in [0.25, 0.3) is 0 Å². The van der Waals surface area contributed by atoms with Gasteiger partial charge in [-0.1, -0.05) is 0 Å². The molecule has 0 aliphatic heterocycles. The van der Waals surface area contributed by atoms with Crippen molar-refractivity contribution >= 4 is 5.97 Å². The van der Waals surface area contributed by atoms with E-state index in [1.54, 1.807) is 0 Å². The Morgan fingerprint density at radius 2 is 2.08 bits per heavy atom. The van der Waals surface area contributed by atoms with Crippen molar-refractivity contribution in [2.45, 2.75) is 0 Å². The lowest BCUT2D eigenvalue weighted by atomic mass is 10.5. The van der Waals surface area contributed by atoms with E-state index in [-0.39, 0.29) is 5.43 Å². The number of pyridine rings is 1. The van der Waals surface area contributed by atoms with Crippen LogP contribution < -0.4 is 15.4 Å². The Bertz CT molecular complexity index is 310. The fourth-order valence-electron chi connectivity index (χ4n) is 0.612. The van der Waals surface area contributed by atoms with Crippen LogP contribution in [0.3, 0.4) is 0 Å². The molecule has 0 saturated carbocycles. The third kappa shape index (κ3) is 2.45. The highest BCUT2D eigenvalue weighted by Crippen LogP contribution is 1.78. The molecule has 1 aromatic heterocycles. The van der Waals surface area contributed by atoms with Crippen LogP contribution in [-0.2, 0) is 4.79 Å². The first kappa shape index (κ1) is 8.32. The van der Waals surface area contributed by atoms with Crippen molar-refractivity contribution in [1.82, 2.24) is 4.73 Å². The largest absolute Gasteiger partial charge is 0.546 e. The van der Waals surface area contributed by atoms with Gasteiger partial charge in [-0.05, 0) is 0 Å². The van der Waals surface area contributed by atoms with Crippen LogP contribution in [0.5, 0.6) is 0 Å². The first-order chi connectivity index (χ1) is 5.68. The number of carbonyl (C=O) groups is 1. The molecule has 1 rings (SSSR count). The molecule has 0 saturated heterocycles. The van der Waals surface area contributed by atoms with Gasteiger partial charge in [-0.3, -0.25) is 4.79 Å². The highest BCUT2D eigenvalue weighted by molar-refractivity contribution is 5.65. The molecule has 0 fully saturated rings. The number of carboxylic acid groups (broad SMARTS) is 1. The first-order valence-electron chi connectivity index (χ1n) is 3.20. The second-order valence-corrected chi connectivity index (χ2v) is 2.04. The molecule has 12 heavy (non-hydrogen) atoms. The normalized spacial score (nSPS) is 9.33. The van der Waals surface area contributed by atoms with Gasteiger partial charge < -0.3 is 14.7 Å². The summed E-state index contributed by atoms with van der Waals surface area (Å²) in [4.78, 5) is 25.1. The lowest BCUT2D eigenvalue weighted by Crippen LogP contribution is -2.32. The number of aliphatic carboxylic acids is 1.